The Morgan fingerprint density at radius 1 is 1.35 bits per heavy atom. The second-order valence-electron chi connectivity index (χ2n) is 7.11. The highest BCUT2D eigenvalue weighted by Crippen LogP contribution is 2.20. The van der Waals surface area contributed by atoms with Crippen LogP contribution in [0.2, 0.25) is 0 Å². The van der Waals surface area contributed by atoms with Crippen molar-refractivity contribution >= 4 is 23.2 Å². The lowest BCUT2D eigenvalue weighted by molar-refractivity contribution is -0.136. The van der Waals surface area contributed by atoms with Crippen molar-refractivity contribution < 1.29 is 14.3 Å². The van der Waals surface area contributed by atoms with Crippen LogP contribution in [0.1, 0.15) is 46.4 Å². The maximum absolute atomic E-state index is 12.5. The zero-order chi connectivity index (χ0) is 18.7. The number of likely N-dealkylation sites (tertiary alicyclic amines) is 1. The number of esters is 1. The van der Waals surface area contributed by atoms with Gasteiger partial charge < -0.3 is 14.2 Å². The SMILES string of the molecule is Cc1cc(C(=O)OCC(=O)N2CCC[C@@H](C)C2)c(C)n1Cc1cccs1. The maximum Gasteiger partial charge on any atom is 0.340 e. The van der Waals surface area contributed by atoms with Crippen LogP contribution >= 0.6 is 11.3 Å². The lowest BCUT2D eigenvalue weighted by Gasteiger charge is -2.30. The molecule has 0 unspecified atom stereocenters. The predicted molar refractivity (Wildman–Crippen MR) is 103 cm³/mol. The van der Waals surface area contributed by atoms with Crippen molar-refractivity contribution in [3.05, 3.63) is 45.4 Å². The molecule has 0 saturated carbocycles. The Morgan fingerprint density at radius 2 is 2.15 bits per heavy atom. The molecule has 1 aliphatic rings. The third-order valence-electron chi connectivity index (χ3n) is 5.02. The Balaban J connectivity index is 1.62. The van der Waals surface area contributed by atoms with E-state index in [0.717, 1.165) is 43.9 Å². The highest BCUT2D eigenvalue weighted by atomic mass is 32.1. The van der Waals surface area contributed by atoms with Gasteiger partial charge in [0.1, 0.15) is 0 Å². The summed E-state index contributed by atoms with van der Waals surface area (Å²) in [5, 5.41) is 2.05. The highest BCUT2D eigenvalue weighted by molar-refractivity contribution is 7.09. The molecule has 6 heteroatoms. The number of nitrogens with zero attached hydrogens (tertiary/aromatic N) is 2. The van der Waals surface area contributed by atoms with Crippen LogP contribution in [0.5, 0.6) is 0 Å². The van der Waals surface area contributed by atoms with E-state index in [2.05, 4.69) is 17.6 Å². The standard InChI is InChI=1S/C20H26N2O3S/c1-14-6-4-8-21(11-14)19(23)13-25-20(24)18-10-15(2)22(16(18)3)12-17-7-5-9-26-17/h5,7,9-10,14H,4,6,8,11-13H2,1-3H3/t14-/m1/s1. The Kier molecular flexibility index (Phi) is 5.81. The molecule has 140 valence electrons. The van der Waals surface area contributed by atoms with Crippen LogP contribution < -0.4 is 0 Å². The van der Waals surface area contributed by atoms with Crippen molar-refractivity contribution in [2.45, 2.75) is 40.2 Å². The van der Waals surface area contributed by atoms with Crippen LogP contribution in [-0.4, -0.2) is 41.0 Å². The summed E-state index contributed by atoms with van der Waals surface area (Å²) in [7, 11) is 0. The third kappa shape index (κ3) is 4.18. The Morgan fingerprint density at radius 3 is 2.85 bits per heavy atom. The number of aromatic nitrogens is 1. The van der Waals surface area contributed by atoms with Gasteiger partial charge in [0.25, 0.3) is 5.91 Å². The number of amides is 1. The summed E-state index contributed by atoms with van der Waals surface area (Å²) in [5.41, 5.74) is 2.43. The van der Waals surface area contributed by atoms with E-state index in [1.165, 1.54) is 4.88 Å². The third-order valence-corrected chi connectivity index (χ3v) is 5.89. The molecule has 1 fully saturated rings. The van der Waals surface area contributed by atoms with Gasteiger partial charge in [0.2, 0.25) is 0 Å². The first kappa shape index (κ1) is 18.7. The first-order valence-electron chi connectivity index (χ1n) is 9.09. The first-order chi connectivity index (χ1) is 12.5. The number of hydrogen-bond donors (Lipinski definition) is 0. The average molecular weight is 375 g/mol. The van der Waals surface area contributed by atoms with Gasteiger partial charge in [-0.25, -0.2) is 4.79 Å². The van der Waals surface area contributed by atoms with Crippen LogP contribution in [0.25, 0.3) is 0 Å². The number of piperidine rings is 1. The summed E-state index contributed by atoms with van der Waals surface area (Å²) in [6.45, 7) is 8.13. The zero-order valence-electron chi connectivity index (χ0n) is 15.7. The maximum atomic E-state index is 12.5. The van der Waals surface area contributed by atoms with E-state index in [1.807, 2.05) is 36.3 Å². The minimum absolute atomic E-state index is 0.0997. The summed E-state index contributed by atoms with van der Waals surface area (Å²) in [5.74, 6) is -0.00851. The van der Waals surface area contributed by atoms with Gasteiger partial charge in [-0.2, -0.15) is 0 Å². The molecule has 1 amide bonds. The smallest absolute Gasteiger partial charge is 0.340 e. The van der Waals surface area contributed by atoms with Crippen molar-refractivity contribution in [3.8, 4) is 0 Å². The monoisotopic (exact) mass is 374 g/mol. The number of ether oxygens (including phenoxy) is 1. The Labute approximate surface area is 158 Å². The van der Waals surface area contributed by atoms with Crippen LogP contribution in [0, 0.1) is 19.8 Å². The predicted octanol–water partition coefficient (Wildman–Crippen LogP) is 3.63. The van der Waals surface area contributed by atoms with Crippen LogP contribution in [0.4, 0.5) is 0 Å². The largest absolute Gasteiger partial charge is 0.452 e. The second-order valence-corrected chi connectivity index (χ2v) is 8.15. The summed E-state index contributed by atoms with van der Waals surface area (Å²) >= 11 is 1.70. The summed E-state index contributed by atoms with van der Waals surface area (Å²) in [6.07, 6.45) is 2.17. The molecule has 1 atom stereocenters. The Hall–Kier alpha value is -2.08. The molecule has 5 nitrogen and oxygen atoms in total. The molecule has 0 spiro atoms. The summed E-state index contributed by atoms with van der Waals surface area (Å²) in [6, 6.07) is 5.95. The van der Waals surface area contributed by atoms with Gasteiger partial charge >= 0.3 is 5.97 Å². The number of carbonyl (C=O) groups excluding carboxylic acids is 2. The molecule has 2 aromatic heterocycles. The number of rotatable bonds is 5. The van der Waals surface area contributed by atoms with E-state index in [-0.39, 0.29) is 12.5 Å². The topological polar surface area (TPSA) is 51.5 Å². The number of aryl methyl sites for hydroxylation is 1. The van der Waals surface area contributed by atoms with Gasteiger partial charge in [0.05, 0.1) is 12.1 Å². The van der Waals surface area contributed by atoms with Crippen molar-refractivity contribution in [2.75, 3.05) is 19.7 Å². The molecular formula is C20H26N2O3S. The molecule has 0 N–H and O–H groups in total. The van der Waals surface area contributed by atoms with Crippen LogP contribution in [-0.2, 0) is 16.1 Å². The molecular weight excluding hydrogens is 348 g/mol. The van der Waals surface area contributed by atoms with E-state index in [0.29, 0.717) is 11.5 Å². The molecule has 1 aliphatic heterocycles. The zero-order valence-corrected chi connectivity index (χ0v) is 16.5. The Bertz CT molecular complexity index is 779. The van der Waals surface area contributed by atoms with E-state index >= 15 is 0 Å². The first-order valence-corrected chi connectivity index (χ1v) is 9.97. The molecule has 1 saturated heterocycles. The fraction of sp³-hybridized carbons (Fsp3) is 0.500. The van der Waals surface area contributed by atoms with Crippen LogP contribution in [0.15, 0.2) is 23.6 Å². The van der Waals surface area contributed by atoms with Gasteiger partial charge in [-0.05, 0) is 50.1 Å². The molecule has 2 aromatic rings. The lowest BCUT2D eigenvalue weighted by Crippen LogP contribution is -2.41. The van der Waals surface area contributed by atoms with Crippen molar-refractivity contribution in [3.63, 3.8) is 0 Å². The highest BCUT2D eigenvalue weighted by Gasteiger charge is 2.23. The van der Waals surface area contributed by atoms with Crippen LogP contribution in [0.3, 0.4) is 0 Å². The number of carbonyl (C=O) groups is 2. The normalized spacial score (nSPS) is 17.3. The molecule has 0 aliphatic carbocycles. The molecule has 0 bridgehead atoms. The van der Waals surface area contributed by atoms with E-state index in [4.69, 9.17) is 4.74 Å². The summed E-state index contributed by atoms with van der Waals surface area (Å²) < 4.78 is 7.43. The quantitative estimate of drug-likeness (QED) is 0.751. The minimum atomic E-state index is -0.422. The molecule has 0 aromatic carbocycles. The second kappa shape index (κ2) is 8.08. The van der Waals surface area contributed by atoms with Gasteiger partial charge in [0, 0.05) is 29.4 Å². The number of hydrogen-bond acceptors (Lipinski definition) is 4. The van der Waals surface area contributed by atoms with Crippen molar-refractivity contribution in [2.24, 2.45) is 5.92 Å². The van der Waals surface area contributed by atoms with Gasteiger partial charge in [-0.3, -0.25) is 4.79 Å². The molecule has 3 heterocycles. The van der Waals surface area contributed by atoms with Gasteiger partial charge in [0.15, 0.2) is 6.61 Å². The average Bonchev–Trinajstić information content (AvgIpc) is 3.23. The molecule has 0 radical (unpaired) electrons. The summed E-state index contributed by atoms with van der Waals surface area (Å²) in [4.78, 5) is 27.8. The van der Waals surface area contributed by atoms with E-state index in [1.54, 1.807) is 11.3 Å². The molecule has 3 rings (SSSR count). The van der Waals surface area contributed by atoms with E-state index in [9.17, 15) is 9.59 Å². The van der Waals surface area contributed by atoms with Crippen molar-refractivity contribution in [1.29, 1.82) is 0 Å². The minimum Gasteiger partial charge on any atom is -0.452 e. The molecule has 26 heavy (non-hydrogen) atoms. The van der Waals surface area contributed by atoms with E-state index < -0.39 is 5.97 Å². The van der Waals surface area contributed by atoms with Gasteiger partial charge in [-0.15, -0.1) is 11.3 Å². The van der Waals surface area contributed by atoms with Gasteiger partial charge in [-0.1, -0.05) is 13.0 Å². The lowest BCUT2D eigenvalue weighted by atomic mass is 10.0. The number of thiophene rings is 1. The van der Waals surface area contributed by atoms with Crippen molar-refractivity contribution in [1.82, 2.24) is 9.47 Å². The fourth-order valence-electron chi connectivity index (χ4n) is 3.52. The fourth-order valence-corrected chi connectivity index (χ4v) is 4.21.